The first-order chi connectivity index (χ1) is 6.90. The minimum absolute atomic E-state index is 0.166. The number of aromatic nitrogens is 2. The van der Waals surface area contributed by atoms with E-state index in [0.717, 1.165) is 6.54 Å². The van der Waals surface area contributed by atoms with Crippen LogP contribution in [0.1, 0.15) is 20.8 Å². The fraction of sp³-hybridized carbons (Fsp3) is 0.600. The highest BCUT2D eigenvalue weighted by molar-refractivity contribution is 6.29. The molecule has 84 valence electrons. The van der Waals surface area contributed by atoms with E-state index >= 15 is 0 Å². The van der Waals surface area contributed by atoms with Crippen LogP contribution in [-0.2, 0) is 0 Å². The van der Waals surface area contributed by atoms with E-state index in [9.17, 15) is 0 Å². The van der Waals surface area contributed by atoms with Gasteiger partial charge in [-0.05, 0) is 5.41 Å². The summed E-state index contributed by atoms with van der Waals surface area (Å²) < 4.78 is 4.99. The Morgan fingerprint density at radius 3 is 2.60 bits per heavy atom. The second-order valence-corrected chi connectivity index (χ2v) is 4.86. The summed E-state index contributed by atoms with van der Waals surface area (Å²) in [6.45, 7) is 7.15. The summed E-state index contributed by atoms with van der Waals surface area (Å²) in [5, 5.41) is 3.49. The molecule has 0 aliphatic carbocycles. The molecule has 0 saturated heterocycles. The molecule has 0 aromatic carbocycles. The van der Waals surface area contributed by atoms with Gasteiger partial charge in [-0.25, -0.2) is 4.98 Å². The number of rotatable bonds is 3. The Labute approximate surface area is 95.0 Å². The Morgan fingerprint density at radius 1 is 1.40 bits per heavy atom. The van der Waals surface area contributed by atoms with Crippen LogP contribution in [-0.4, -0.2) is 23.6 Å². The first kappa shape index (κ1) is 12.0. The molecule has 1 aromatic rings. The highest BCUT2D eigenvalue weighted by Crippen LogP contribution is 2.18. The number of hydrogen-bond donors (Lipinski definition) is 1. The predicted octanol–water partition coefficient (Wildman–Crippen LogP) is 2.60. The fourth-order valence-corrected chi connectivity index (χ4v) is 1.10. The van der Waals surface area contributed by atoms with Crippen LogP contribution in [0.25, 0.3) is 0 Å². The maximum atomic E-state index is 5.81. The van der Waals surface area contributed by atoms with E-state index in [4.69, 9.17) is 16.3 Å². The zero-order chi connectivity index (χ0) is 11.5. The smallest absolute Gasteiger partial charge is 0.227 e. The number of anilines is 1. The minimum atomic E-state index is 0.166. The van der Waals surface area contributed by atoms with Crippen molar-refractivity contribution in [1.82, 2.24) is 9.97 Å². The summed E-state index contributed by atoms with van der Waals surface area (Å²) in [5.74, 6) is 0.959. The lowest BCUT2D eigenvalue weighted by Crippen LogP contribution is -2.20. The number of nitrogens with zero attached hydrogens (tertiary/aromatic N) is 2. The molecule has 0 amide bonds. The van der Waals surface area contributed by atoms with Gasteiger partial charge in [0.05, 0.1) is 7.11 Å². The molecule has 0 saturated carbocycles. The number of nitrogens with one attached hydrogen (secondary N) is 1. The normalized spacial score (nSPS) is 11.3. The van der Waals surface area contributed by atoms with Crippen molar-refractivity contribution in [2.24, 2.45) is 5.41 Å². The van der Waals surface area contributed by atoms with Gasteiger partial charge in [-0.15, -0.1) is 0 Å². The van der Waals surface area contributed by atoms with Crippen LogP contribution < -0.4 is 10.1 Å². The van der Waals surface area contributed by atoms with E-state index in [0.29, 0.717) is 17.0 Å². The van der Waals surface area contributed by atoms with E-state index in [2.05, 4.69) is 36.1 Å². The molecule has 0 fully saturated rings. The molecule has 0 radical (unpaired) electrons. The van der Waals surface area contributed by atoms with Crippen LogP contribution in [0.5, 0.6) is 5.88 Å². The predicted molar refractivity (Wildman–Crippen MR) is 61.5 cm³/mol. The minimum Gasteiger partial charge on any atom is -0.481 e. The maximum Gasteiger partial charge on any atom is 0.227 e. The van der Waals surface area contributed by atoms with Gasteiger partial charge >= 0.3 is 0 Å². The van der Waals surface area contributed by atoms with Gasteiger partial charge in [0.15, 0.2) is 0 Å². The lowest BCUT2D eigenvalue weighted by molar-refractivity contribution is 0.396. The van der Waals surface area contributed by atoms with Crippen molar-refractivity contribution in [2.75, 3.05) is 19.0 Å². The summed E-state index contributed by atoms with van der Waals surface area (Å²) in [5.41, 5.74) is 0.166. The molecule has 1 N–H and O–H groups in total. The molecule has 15 heavy (non-hydrogen) atoms. The molecule has 0 bridgehead atoms. The van der Waals surface area contributed by atoms with Crippen LogP contribution in [0, 0.1) is 5.41 Å². The van der Waals surface area contributed by atoms with Gasteiger partial charge in [0, 0.05) is 12.6 Å². The lowest BCUT2D eigenvalue weighted by atomic mass is 9.97. The second kappa shape index (κ2) is 4.66. The fourth-order valence-electron chi connectivity index (χ4n) is 0.925. The van der Waals surface area contributed by atoms with E-state index in [-0.39, 0.29) is 5.41 Å². The first-order valence-corrected chi connectivity index (χ1v) is 5.11. The Kier molecular flexibility index (Phi) is 3.74. The number of ether oxygens (including phenoxy) is 1. The molecule has 5 heteroatoms. The molecular formula is C10H16ClN3O. The Morgan fingerprint density at radius 2 is 2.07 bits per heavy atom. The molecule has 0 spiro atoms. The third-order valence-corrected chi connectivity index (χ3v) is 1.85. The standard InChI is InChI=1S/C10H16ClN3O/c1-10(2,3)6-12-9-13-7(11)5-8(14-9)15-4/h5H,6H2,1-4H3,(H,12,13,14). The average molecular weight is 230 g/mol. The highest BCUT2D eigenvalue weighted by Gasteiger charge is 2.11. The quantitative estimate of drug-likeness (QED) is 0.810. The Balaban J connectivity index is 2.73. The maximum absolute atomic E-state index is 5.81. The zero-order valence-corrected chi connectivity index (χ0v) is 10.2. The van der Waals surface area contributed by atoms with Crippen molar-refractivity contribution in [2.45, 2.75) is 20.8 Å². The molecular weight excluding hydrogens is 214 g/mol. The monoisotopic (exact) mass is 229 g/mol. The molecule has 0 aliphatic heterocycles. The van der Waals surface area contributed by atoms with Crippen molar-refractivity contribution in [1.29, 1.82) is 0 Å². The van der Waals surface area contributed by atoms with Crippen LogP contribution in [0.15, 0.2) is 6.07 Å². The summed E-state index contributed by atoms with van der Waals surface area (Å²) in [7, 11) is 1.55. The molecule has 1 rings (SSSR count). The van der Waals surface area contributed by atoms with Crippen molar-refractivity contribution in [3.63, 3.8) is 0 Å². The summed E-state index contributed by atoms with van der Waals surface area (Å²) in [6, 6.07) is 1.57. The van der Waals surface area contributed by atoms with E-state index < -0.39 is 0 Å². The molecule has 0 unspecified atom stereocenters. The van der Waals surface area contributed by atoms with Crippen molar-refractivity contribution in [3.05, 3.63) is 11.2 Å². The number of methoxy groups -OCH3 is 1. The topological polar surface area (TPSA) is 47.0 Å². The van der Waals surface area contributed by atoms with Crippen LogP contribution in [0.2, 0.25) is 5.15 Å². The summed E-state index contributed by atoms with van der Waals surface area (Å²) in [6.07, 6.45) is 0. The largest absolute Gasteiger partial charge is 0.481 e. The van der Waals surface area contributed by atoms with E-state index in [1.807, 2.05) is 0 Å². The van der Waals surface area contributed by atoms with Gasteiger partial charge in [-0.1, -0.05) is 32.4 Å². The lowest BCUT2D eigenvalue weighted by Gasteiger charge is -2.18. The van der Waals surface area contributed by atoms with Crippen LogP contribution in [0.3, 0.4) is 0 Å². The third kappa shape index (κ3) is 4.34. The third-order valence-electron chi connectivity index (χ3n) is 1.66. The molecule has 1 heterocycles. The van der Waals surface area contributed by atoms with Crippen LogP contribution >= 0.6 is 11.6 Å². The van der Waals surface area contributed by atoms with Gasteiger partial charge in [-0.3, -0.25) is 0 Å². The SMILES string of the molecule is COc1cc(Cl)nc(NCC(C)(C)C)n1. The Hall–Kier alpha value is -1.03. The first-order valence-electron chi connectivity index (χ1n) is 4.73. The zero-order valence-electron chi connectivity index (χ0n) is 9.47. The number of hydrogen-bond acceptors (Lipinski definition) is 4. The average Bonchev–Trinajstić information content (AvgIpc) is 2.13. The van der Waals surface area contributed by atoms with Gasteiger partial charge in [-0.2, -0.15) is 4.98 Å². The molecule has 0 atom stereocenters. The van der Waals surface area contributed by atoms with Gasteiger partial charge in [0.25, 0.3) is 0 Å². The summed E-state index contributed by atoms with van der Waals surface area (Å²) in [4.78, 5) is 8.17. The van der Waals surface area contributed by atoms with E-state index in [1.54, 1.807) is 13.2 Å². The molecule has 4 nitrogen and oxygen atoms in total. The molecule has 0 aliphatic rings. The van der Waals surface area contributed by atoms with E-state index in [1.165, 1.54) is 0 Å². The van der Waals surface area contributed by atoms with Crippen molar-refractivity contribution < 1.29 is 4.74 Å². The van der Waals surface area contributed by atoms with Gasteiger partial charge in [0.1, 0.15) is 5.15 Å². The second-order valence-electron chi connectivity index (χ2n) is 4.47. The molecule has 1 aromatic heterocycles. The highest BCUT2D eigenvalue weighted by atomic mass is 35.5. The number of halogens is 1. The van der Waals surface area contributed by atoms with Crippen molar-refractivity contribution in [3.8, 4) is 5.88 Å². The summed E-state index contributed by atoms with van der Waals surface area (Å²) >= 11 is 5.81. The van der Waals surface area contributed by atoms with Gasteiger partial charge in [0.2, 0.25) is 11.8 Å². The van der Waals surface area contributed by atoms with Crippen molar-refractivity contribution >= 4 is 17.5 Å². The van der Waals surface area contributed by atoms with Crippen LogP contribution in [0.4, 0.5) is 5.95 Å². The van der Waals surface area contributed by atoms with Gasteiger partial charge < -0.3 is 10.1 Å². The Bertz CT molecular complexity index is 336.